The third-order valence-corrected chi connectivity index (χ3v) is 3.44. The molecule has 0 saturated carbocycles. The Morgan fingerprint density at radius 1 is 1.08 bits per heavy atom. The Balaban J connectivity index is 2.09. The van der Waals surface area contributed by atoms with E-state index in [1.54, 1.807) is 32.9 Å². The largest absolute Gasteiger partial charge is 0.351 e. The molecule has 2 aromatic carbocycles. The highest BCUT2D eigenvalue weighted by atomic mass is 19.1. The number of hydroxylamine groups is 2. The SMILES string of the molecule is CC(C)(C)C(=O)N(O)Cc1ccc(Nc2c(F)cc(F)cc2F)cc1. The number of benzene rings is 2. The van der Waals surface area contributed by atoms with E-state index < -0.39 is 34.5 Å². The van der Waals surface area contributed by atoms with Crippen molar-refractivity contribution < 1.29 is 23.2 Å². The number of anilines is 2. The lowest BCUT2D eigenvalue weighted by atomic mass is 9.95. The van der Waals surface area contributed by atoms with E-state index in [0.717, 1.165) is 0 Å². The number of hydrogen-bond donors (Lipinski definition) is 2. The summed E-state index contributed by atoms with van der Waals surface area (Å²) in [5.41, 5.74) is -0.167. The first-order valence-electron chi connectivity index (χ1n) is 7.59. The monoisotopic (exact) mass is 352 g/mol. The summed E-state index contributed by atoms with van der Waals surface area (Å²) in [7, 11) is 0. The fraction of sp³-hybridized carbons (Fsp3) is 0.278. The number of nitrogens with one attached hydrogen (secondary N) is 1. The number of amides is 1. The van der Waals surface area contributed by atoms with E-state index in [2.05, 4.69) is 5.32 Å². The quantitative estimate of drug-likeness (QED) is 0.624. The van der Waals surface area contributed by atoms with E-state index in [0.29, 0.717) is 28.4 Å². The molecule has 0 saturated heterocycles. The van der Waals surface area contributed by atoms with Crippen LogP contribution in [0.2, 0.25) is 0 Å². The third kappa shape index (κ3) is 4.73. The van der Waals surface area contributed by atoms with Crippen LogP contribution in [0.15, 0.2) is 36.4 Å². The molecular weight excluding hydrogens is 333 g/mol. The Morgan fingerprint density at radius 2 is 1.60 bits per heavy atom. The van der Waals surface area contributed by atoms with Crippen LogP contribution in [-0.4, -0.2) is 16.2 Å². The van der Waals surface area contributed by atoms with E-state index >= 15 is 0 Å². The lowest BCUT2D eigenvalue weighted by Crippen LogP contribution is -2.36. The molecule has 0 aliphatic carbocycles. The normalized spacial score (nSPS) is 11.3. The van der Waals surface area contributed by atoms with Crippen molar-refractivity contribution in [2.45, 2.75) is 27.3 Å². The molecule has 0 bridgehead atoms. The predicted octanol–water partition coefficient (Wildman–Crippen LogP) is 4.61. The standard InChI is InChI=1S/C18H19F3N2O2/c1-18(2,3)17(24)23(25)10-11-4-6-13(7-5-11)22-16-14(20)8-12(19)9-15(16)21/h4-9,22,25H,10H2,1-3H3. The lowest BCUT2D eigenvalue weighted by Gasteiger charge is -2.24. The molecule has 7 heteroatoms. The van der Waals surface area contributed by atoms with Crippen LogP contribution in [0.25, 0.3) is 0 Å². The van der Waals surface area contributed by atoms with Gasteiger partial charge in [0.25, 0.3) is 5.91 Å². The van der Waals surface area contributed by atoms with E-state index in [1.165, 1.54) is 12.1 Å². The molecule has 0 radical (unpaired) electrons. The predicted molar refractivity (Wildman–Crippen MR) is 87.8 cm³/mol. The second-order valence-electron chi connectivity index (χ2n) is 6.68. The van der Waals surface area contributed by atoms with Gasteiger partial charge < -0.3 is 5.32 Å². The molecule has 0 heterocycles. The van der Waals surface area contributed by atoms with Crippen molar-refractivity contribution >= 4 is 17.3 Å². The third-order valence-electron chi connectivity index (χ3n) is 3.44. The number of carbonyl (C=O) groups is 1. The second kappa shape index (κ2) is 7.14. The molecular formula is C18H19F3N2O2. The zero-order valence-electron chi connectivity index (χ0n) is 14.1. The molecule has 25 heavy (non-hydrogen) atoms. The Bertz CT molecular complexity index is 748. The van der Waals surface area contributed by atoms with Gasteiger partial charge in [0.1, 0.15) is 11.5 Å². The molecule has 0 unspecified atom stereocenters. The van der Waals surface area contributed by atoms with Gasteiger partial charge in [-0.3, -0.25) is 10.0 Å². The van der Waals surface area contributed by atoms with E-state index in [9.17, 15) is 23.2 Å². The summed E-state index contributed by atoms with van der Waals surface area (Å²) >= 11 is 0. The molecule has 0 atom stereocenters. The summed E-state index contributed by atoms with van der Waals surface area (Å²) in [5.74, 6) is -3.51. The Hall–Kier alpha value is -2.54. The minimum atomic E-state index is -1.04. The fourth-order valence-corrected chi connectivity index (χ4v) is 2.13. The summed E-state index contributed by atoms with van der Waals surface area (Å²) < 4.78 is 40.2. The molecule has 2 N–H and O–H groups in total. The zero-order chi connectivity index (χ0) is 18.8. The highest BCUT2D eigenvalue weighted by Crippen LogP contribution is 2.25. The fourth-order valence-electron chi connectivity index (χ4n) is 2.13. The Morgan fingerprint density at radius 3 is 2.08 bits per heavy atom. The van der Waals surface area contributed by atoms with Crippen molar-refractivity contribution in [1.29, 1.82) is 0 Å². The van der Waals surface area contributed by atoms with Crippen molar-refractivity contribution in [3.63, 3.8) is 0 Å². The van der Waals surface area contributed by atoms with Gasteiger partial charge >= 0.3 is 0 Å². The molecule has 4 nitrogen and oxygen atoms in total. The first-order chi connectivity index (χ1) is 11.6. The minimum absolute atomic E-state index is 0.0182. The average Bonchev–Trinajstić information content (AvgIpc) is 2.50. The van der Waals surface area contributed by atoms with Crippen molar-refractivity contribution in [1.82, 2.24) is 5.06 Å². The molecule has 0 spiro atoms. The van der Waals surface area contributed by atoms with Crippen LogP contribution in [0.4, 0.5) is 24.5 Å². The summed E-state index contributed by atoms with van der Waals surface area (Å²) in [5, 5.41) is 13.0. The van der Waals surface area contributed by atoms with Crippen LogP contribution in [0.5, 0.6) is 0 Å². The van der Waals surface area contributed by atoms with Crippen LogP contribution in [-0.2, 0) is 11.3 Å². The van der Waals surface area contributed by atoms with Gasteiger partial charge in [0.15, 0.2) is 11.6 Å². The lowest BCUT2D eigenvalue weighted by molar-refractivity contribution is -0.177. The molecule has 2 rings (SSSR count). The topological polar surface area (TPSA) is 52.6 Å². The number of halogens is 3. The molecule has 0 aromatic heterocycles. The van der Waals surface area contributed by atoms with Gasteiger partial charge in [-0.15, -0.1) is 0 Å². The Labute approximate surface area is 143 Å². The smallest absolute Gasteiger partial charge is 0.251 e. The van der Waals surface area contributed by atoms with Crippen molar-refractivity contribution in [3.8, 4) is 0 Å². The maximum Gasteiger partial charge on any atom is 0.251 e. The second-order valence-corrected chi connectivity index (χ2v) is 6.68. The summed E-state index contributed by atoms with van der Waals surface area (Å²) in [6, 6.07) is 7.44. The highest BCUT2D eigenvalue weighted by Gasteiger charge is 2.26. The summed E-state index contributed by atoms with van der Waals surface area (Å²) in [6.45, 7) is 5.06. The van der Waals surface area contributed by atoms with Crippen molar-refractivity contribution in [3.05, 3.63) is 59.4 Å². The Kier molecular flexibility index (Phi) is 5.37. The molecule has 2 aromatic rings. The number of nitrogens with zero attached hydrogens (tertiary/aromatic N) is 1. The molecule has 0 aliphatic rings. The van der Waals surface area contributed by atoms with Crippen LogP contribution < -0.4 is 5.32 Å². The van der Waals surface area contributed by atoms with Crippen LogP contribution in [0, 0.1) is 22.9 Å². The number of rotatable bonds is 4. The maximum absolute atomic E-state index is 13.6. The van der Waals surface area contributed by atoms with Gasteiger partial charge in [-0.1, -0.05) is 32.9 Å². The average molecular weight is 352 g/mol. The van der Waals surface area contributed by atoms with Gasteiger partial charge in [0.2, 0.25) is 0 Å². The molecule has 0 fully saturated rings. The highest BCUT2D eigenvalue weighted by molar-refractivity contribution is 5.80. The van der Waals surface area contributed by atoms with Crippen LogP contribution >= 0.6 is 0 Å². The molecule has 0 aliphatic heterocycles. The van der Waals surface area contributed by atoms with E-state index in [-0.39, 0.29) is 6.54 Å². The first kappa shape index (κ1) is 18.8. The van der Waals surface area contributed by atoms with E-state index in [4.69, 9.17) is 0 Å². The summed E-state index contributed by atoms with van der Waals surface area (Å²) in [6.07, 6.45) is 0. The molecule has 1 amide bonds. The summed E-state index contributed by atoms with van der Waals surface area (Å²) in [4.78, 5) is 11.9. The zero-order valence-corrected chi connectivity index (χ0v) is 14.1. The van der Waals surface area contributed by atoms with Crippen molar-refractivity contribution in [2.75, 3.05) is 5.32 Å². The molecule has 134 valence electrons. The van der Waals surface area contributed by atoms with Gasteiger partial charge in [0, 0.05) is 23.2 Å². The number of carbonyl (C=O) groups excluding carboxylic acids is 1. The first-order valence-corrected chi connectivity index (χ1v) is 7.59. The maximum atomic E-state index is 13.6. The van der Waals surface area contributed by atoms with Gasteiger partial charge in [0.05, 0.1) is 6.54 Å². The number of hydrogen-bond acceptors (Lipinski definition) is 3. The van der Waals surface area contributed by atoms with Crippen LogP contribution in [0.3, 0.4) is 0 Å². The van der Waals surface area contributed by atoms with Gasteiger partial charge in [-0.05, 0) is 17.7 Å². The van der Waals surface area contributed by atoms with Gasteiger partial charge in [-0.2, -0.15) is 0 Å². The van der Waals surface area contributed by atoms with Gasteiger partial charge in [-0.25, -0.2) is 18.2 Å². The van der Waals surface area contributed by atoms with Crippen LogP contribution in [0.1, 0.15) is 26.3 Å². The van der Waals surface area contributed by atoms with Crippen molar-refractivity contribution in [2.24, 2.45) is 5.41 Å². The van der Waals surface area contributed by atoms with E-state index in [1.807, 2.05) is 0 Å². The minimum Gasteiger partial charge on any atom is -0.351 e.